The molecule has 0 bridgehead atoms. The summed E-state index contributed by atoms with van der Waals surface area (Å²) in [6.07, 6.45) is -7.46. The summed E-state index contributed by atoms with van der Waals surface area (Å²) >= 11 is -2.93. The molecule has 0 rings (SSSR count). The van der Waals surface area contributed by atoms with E-state index in [9.17, 15) is 61.0 Å². The summed E-state index contributed by atoms with van der Waals surface area (Å²) in [7, 11) is 0. The number of hydrogen-bond donors (Lipinski definition) is 0. The van der Waals surface area contributed by atoms with Gasteiger partial charge in [0.2, 0.25) is 0 Å². The van der Waals surface area contributed by atoms with Gasteiger partial charge in [-0.1, -0.05) is 0 Å². The van der Waals surface area contributed by atoms with Crippen LogP contribution in [0.4, 0.5) is 61.0 Å². The summed E-state index contributed by atoms with van der Waals surface area (Å²) in [5.74, 6) is -31.3. The Morgan fingerprint density at radius 3 is 0.952 bits per heavy atom. The molecule has 0 radical (unpaired) electrons. The van der Waals surface area contributed by atoms with Crippen molar-refractivity contribution >= 4 is 12.1 Å². The standard InChI is InChI=1S/C6F14S/c7-1(8,3(11,12)5(15,16)17)2(9,10)4(13,14)6(18,19)21-20. The van der Waals surface area contributed by atoms with Gasteiger partial charge in [-0.3, -0.25) is 0 Å². The number of rotatable bonds is 5. The summed E-state index contributed by atoms with van der Waals surface area (Å²) < 4.78 is 170. The fraction of sp³-hybridized carbons (Fsp3) is 1.00. The third-order valence-electron chi connectivity index (χ3n) is 2.00. The highest BCUT2D eigenvalue weighted by Crippen LogP contribution is 2.61. The van der Waals surface area contributed by atoms with Gasteiger partial charge < -0.3 is 0 Å². The van der Waals surface area contributed by atoms with E-state index in [2.05, 4.69) is 0 Å². The van der Waals surface area contributed by atoms with Gasteiger partial charge in [-0.25, -0.2) is 0 Å². The van der Waals surface area contributed by atoms with Crippen molar-refractivity contribution in [2.75, 3.05) is 0 Å². The summed E-state index contributed by atoms with van der Waals surface area (Å²) in [6, 6.07) is 0. The van der Waals surface area contributed by atoms with Gasteiger partial charge in [-0.05, 0) is 0 Å². The Morgan fingerprint density at radius 1 is 0.429 bits per heavy atom. The lowest BCUT2D eigenvalue weighted by Crippen LogP contribution is -2.69. The fourth-order valence-corrected chi connectivity index (χ4v) is 1.03. The predicted octanol–water partition coefficient (Wildman–Crippen LogP) is 5.30. The van der Waals surface area contributed by atoms with Crippen LogP contribution in [0.2, 0.25) is 0 Å². The smallest absolute Gasteiger partial charge is 0.192 e. The Morgan fingerprint density at radius 2 is 0.714 bits per heavy atom. The van der Waals surface area contributed by atoms with Gasteiger partial charge in [0.1, 0.15) is 12.1 Å². The lowest BCUT2D eigenvalue weighted by Gasteiger charge is -2.38. The number of alkyl halides is 13. The summed E-state index contributed by atoms with van der Waals surface area (Å²) in [5.41, 5.74) is 0. The molecule has 0 aliphatic heterocycles. The van der Waals surface area contributed by atoms with E-state index >= 15 is 0 Å². The van der Waals surface area contributed by atoms with Gasteiger partial charge in [-0.2, -0.15) is 61.0 Å². The van der Waals surface area contributed by atoms with Crippen LogP contribution in [0.5, 0.6) is 0 Å². The highest BCUT2D eigenvalue weighted by atomic mass is 32.2. The van der Waals surface area contributed by atoms with E-state index in [1.54, 1.807) is 0 Å². The highest BCUT2D eigenvalue weighted by Gasteiger charge is 2.91. The summed E-state index contributed by atoms with van der Waals surface area (Å²) in [4.78, 5) is 0. The number of hydrogen-bond acceptors (Lipinski definition) is 1. The van der Waals surface area contributed by atoms with Crippen molar-refractivity contribution in [3.05, 3.63) is 0 Å². The second kappa shape index (κ2) is 4.94. The molecule has 0 N–H and O–H groups in total. The first kappa shape index (κ1) is 20.4. The summed E-state index contributed by atoms with van der Waals surface area (Å²) in [5, 5.41) is -6.69. The van der Waals surface area contributed by atoms with Crippen molar-refractivity contribution < 1.29 is 61.0 Å². The fourth-order valence-electron chi connectivity index (χ4n) is 0.804. The maximum Gasteiger partial charge on any atom is 0.460 e. The lowest BCUT2D eigenvalue weighted by atomic mass is 9.98. The topological polar surface area (TPSA) is 0 Å². The van der Waals surface area contributed by atoms with Crippen molar-refractivity contribution in [2.45, 2.75) is 35.1 Å². The Kier molecular flexibility index (Phi) is 4.79. The van der Waals surface area contributed by atoms with Crippen molar-refractivity contribution in [1.82, 2.24) is 0 Å². The molecule has 0 saturated heterocycles. The van der Waals surface area contributed by atoms with Crippen molar-refractivity contribution in [3.63, 3.8) is 0 Å². The largest absolute Gasteiger partial charge is 0.460 e. The van der Waals surface area contributed by atoms with Gasteiger partial charge in [0.25, 0.3) is 0 Å². The van der Waals surface area contributed by atoms with Crippen LogP contribution in [-0.4, -0.2) is 35.1 Å². The normalized spacial score (nSPS) is 16.3. The van der Waals surface area contributed by atoms with Crippen molar-refractivity contribution in [1.29, 1.82) is 0 Å². The molecule has 0 aromatic heterocycles. The average Bonchev–Trinajstić information content (AvgIpc) is 2.26. The van der Waals surface area contributed by atoms with Crippen LogP contribution in [0.25, 0.3) is 0 Å². The Bertz CT molecular complexity index is 379. The van der Waals surface area contributed by atoms with E-state index in [-0.39, 0.29) is 0 Å². The van der Waals surface area contributed by atoms with Crippen LogP contribution in [0.3, 0.4) is 0 Å². The maximum atomic E-state index is 12.5. The zero-order chi connectivity index (χ0) is 17.7. The van der Waals surface area contributed by atoms with Crippen LogP contribution in [0, 0.1) is 0 Å². The summed E-state index contributed by atoms with van der Waals surface area (Å²) in [6.45, 7) is 0. The van der Waals surface area contributed by atoms with Crippen LogP contribution < -0.4 is 0 Å². The Hall–Kier alpha value is -0.630. The van der Waals surface area contributed by atoms with Crippen LogP contribution in [-0.2, 0) is 0 Å². The average molecular weight is 370 g/mol. The van der Waals surface area contributed by atoms with Gasteiger partial charge in [0.05, 0.1) is 0 Å². The van der Waals surface area contributed by atoms with E-state index in [1.165, 1.54) is 0 Å². The highest BCUT2D eigenvalue weighted by molar-refractivity contribution is 7.95. The predicted molar refractivity (Wildman–Crippen MR) is 39.5 cm³/mol. The molecule has 0 nitrogen and oxygen atoms in total. The molecule has 0 amide bonds. The van der Waals surface area contributed by atoms with Gasteiger partial charge in [0, 0.05) is 0 Å². The molecule has 0 spiro atoms. The molecule has 15 heteroatoms. The van der Waals surface area contributed by atoms with Crippen molar-refractivity contribution in [3.8, 4) is 0 Å². The Balaban J connectivity index is 6.14. The van der Waals surface area contributed by atoms with Gasteiger partial charge in [-0.15, -0.1) is 0 Å². The molecule has 0 atom stereocenters. The van der Waals surface area contributed by atoms with E-state index in [4.69, 9.17) is 0 Å². The maximum absolute atomic E-state index is 12.5. The second-order valence-corrected chi connectivity index (χ2v) is 4.06. The quantitative estimate of drug-likeness (QED) is 0.592. The molecule has 0 unspecified atom stereocenters. The van der Waals surface area contributed by atoms with E-state index in [0.717, 1.165) is 0 Å². The molecule has 21 heavy (non-hydrogen) atoms. The monoisotopic (exact) mass is 370 g/mol. The first-order valence-electron chi connectivity index (χ1n) is 4.07. The van der Waals surface area contributed by atoms with Gasteiger partial charge >= 0.3 is 35.1 Å². The molecule has 0 aromatic rings. The van der Waals surface area contributed by atoms with Crippen LogP contribution >= 0.6 is 12.1 Å². The van der Waals surface area contributed by atoms with Crippen LogP contribution in [0.15, 0.2) is 0 Å². The zero-order valence-electron chi connectivity index (χ0n) is 8.70. The SMILES string of the molecule is FSC(F)(F)C(F)(F)C(F)(F)C(F)(F)C(F)(F)C(F)(F)F. The minimum absolute atomic E-state index is 2.93. The Labute approximate surface area is 109 Å². The first-order valence-corrected chi connectivity index (χ1v) is 4.78. The molecule has 0 saturated carbocycles. The van der Waals surface area contributed by atoms with E-state index in [1.807, 2.05) is 0 Å². The van der Waals surface area contributed by atoms with E-state index < -0.39 is 47.3 Å². The molecular formula is C6F14S. The third-order valence-corrected chi connectivity index (χ3v) is 2.45. The molecule has 0 heterocycles. The number of halogens is 14. The van der Waals surface area contributed by atoms with Crippen LogP contribution in [0.1, 0.15) is 0 Å². The van der Waals surface area contributed by atoms with Crippen molar-refractivity contribution in [2.24, 2.45) is 0 Å². The molecule has 0 aliphatic rings. The zero-order valence-corrected chi connectivity index (χ0v) is 9.52. The molecule has 0 aromatic carbocycles. The lowest BCUT2D eigenvalue weighted by molar-refractivity contribution is -0.433. The van der Waals surface area contributed by atoms with Gasteiger partial charge in [0.15, 0.2) is 0 Å². The molecule has 0 aliphatic carbocycles. The second-order valence-electron chi connectivity index (χ2n) is 3.39. The van der Waals surface area contributed by atoms with E-state index in [0.29, 0.717) is 0 Å². The molecular weight excluding hydrogens is 370 g/mol. The molecule has 0 fully saturated rings. The third kappa shape index (κ3) is 2.60. The molecule has 128 valence electrons. The first-order chi connectivity index (χ1) is 8.81. The minimum atomic E-state index is -7.99. The minimum Gasteiger partial charge on any atom is -0.192 e.